The van der Waals surface area contributed by atoms with Gasteiger partial charge in [0.25, 0.3) is 5.91 Å². The molecule has 1 aliphatic carbocycles. The number of anilines is 3. The Morgan fingerprint density at radius 2 is 2.03 bits per heavy atom. The van der Waals surface area contributed by atoms with E-state index in [0.717, 1.165) is 12.8 Å². The predicted octanol–water partition coefficient (Wildman–Crippen LogP) is 2.03. The van der Waals surface area contributed by atoms with E-state index in [0.29, 0.717) is 28.7 Å². The molecule has 11 nitrogen and oxygen atoms in total. The number of carbonyl (C=O) groups is 2. The van der Waals surface area contributed by atoms with E-state index in [2.05, 4.69) is 31.0 Å². The third-order valence-corrected chi connectivity index (χ3v) is 4.48. The predicted molar refractivity (Wildman–Crippen MR) is 106 cm³/mol. The SMILES string of the molecule is COc1c(Nc2cc(NC(=O)C3CC3)nnc2C(N)=O)cccc1-c1noc(C)n1. The smallest absolute Gasteiger partial charge is 0.271 e. The first-order valence-corrected chi connectivity index (χ1v) is 9.19. The number of nitrogens with zero attached hydrogens (tertiary/aromatic N) is 4. The van der Waals surface area contributed by atoms with Crippen LogP contribution in [0.15, 0.2) is 28.8 Å². The van der Waals surface area contributed by atoms with Gasteiger partial charge in [-0.1, -0.05) is 11.2 Å². The van der Waals surface area contributed by atoms with E-state index in [-0.39, 0.29) is 29.0 Å². The molecular formula is C19H19N7O4. The fourth-order valence-electron chi connectivity index (χ4n) is 2.89. The number of amides is 2. The maximum absolute atomic E-state index is 12.0. The van der Waals surface area contributed by atoms with Crippen molar-refractivity contribution in [2.75, 3.05) is 17.7 Å². The topological polar surface area (TPSA) is 158 Å². The lowest BCUT2D eigenvalue weighted by Crippen LogP contribution is -2.19. The van der Waals surface area contributed by atoms with Crippen LogP contribution in [0.5, 0.6) is 5.75 Å². The maximum Gasteiger partial charge on any atom is 0.271 e. The molecule has 1 aromatic carbocycles. The number of benzene rings is 1. The van der Waals surface area contributed by atoms with Crippen LogP contribution in [0.3, 0.4) is 0 Å². The van der Waals surface area contributed by atoms with Crippen molar-refractivity contribution in [2.24, 2.45) is 11.7 Å². The Hall–Kier alpha value is -4.02. The summed E-state index contributed by atoms with van der Waals surface area (Å²) < 4.78 is 10.6. The summed E-state index contributed by atoms with van der Waals surface area (Å²) >= 11 is 0. The Labute approximate surface area is 171 Å². The van der Waals surface area contributed by atoms with Gasteiger partial charge in [0.05, 0.1) is 24.0 Å². The molecule has 154 valence electrons. The quantitative estimate of drug-likeness (QED) is 0.531. The molecule has 4 rings (SSSR count). The largest absolute Gasteiger partial charge is 0.494 e. The van der Waals surface area contributed by atoms with Crippen LogP contribution < -0.4 is 21.1 Å². The lowest BCUT2D eigenvalue weighted by Gasteiger charge is -2.15. The number of nitrogens with one attached hydrogen (secondary N) is 2. The zero-order valence-electron chi connectivity index (χ0n) is 16.3. The molecule has 1 fully saturated rings. The van der Waals surface area contributed by atoms with Crippen LogP contribution in [0.4, 0.5) is 17.2 Å². The molecule has 2 aromatic heterocycles. The number of rotatable bonds is 7. The van der Waals surface area contributed by atoms with Crippen LogP contribution in [-0.2, 0) is 4.79 Å². The summed E-state index contributed by atoms with van der Waals surface area (Å²) in [6.45, 7) is 1.68. The minimum Gasteiger partial charge on any atom is -0.494 e. The zero-order chi connectivity index (χ0) is 21.3. The molecule has 0 atom stereocenters. The van der Waals surface area contributed by atoms with Gasteiger partial charge in [0.1, 0.15) is 0 Å². The molecule has 2 heterocycles. The van der Waals surface area contributed by atoms with E-state index >= 15 is 0 Å². The molecule has 0 aliphatic heterocycles. The van der Waals surface area contributed by atoms with Crippen molar-refractivity contribution in [3.8, 4) is 17.1 Å². The highest BCUT2D eigenvalue weighted by Crippen LogP contribution is 2.37. The van der Waals surface area contributed by atoms with Gasteiger partial charge in [0.15, 0.2) is 17.3 Å². The van der Waals surface area contributed by atoms with E-state index in [9.17, 15) is 9.59 Å². The fraction of sp³-hybridized carbons (Fsp3) is 0.263. The normalized spacial score (nSPS) is 13.0. The molecule has 1 aliphatic rings. The second-order valence-electron chi connectivity index (χ2n) is 6.77. The Bertz CT molecular complexity index is 1120. The van der Waals surface area contributed by atoms with E-state index in [1.165, 1.54) is 13.2 Å². The van der Waals surface area contributed by atoms with Gasteiger partial charge in [-0.2, -0.15) is 4.98 Å². The van der Waals surface area contributed by atoms with Crippen LogP contribution in [0.25, 0.3) is 11.4 Å². The van der Waals surface area contributed by atoms with Crippen molar-refractivity contribution < 1.29 is 18.8 Å². The molecule has 11 heteroatoms. The highest BCUT2D eigenvalue weighted by Gasteiger charge is 2.30. The molecule has 0 radical (unpaired) electrons. The van der Waals surface area contributed by atoms with Crippen molar-refractivity contribution in [3.63, 3.8) is 0 Å². The number of aryl methyl sites for hydroxylation is 1. The van der Waals surface area contributed by atoms with Crippen LogP contribution >= 0.6 is 0 Å². The summed E-state index contributed by atoms with van der Waals surface area (Å²) in [5.41, 5.74) is 6.72. The molecule has 0 saturated heterocycles. The number of carbonyl (C=O) groups excluding carboxylic acids is 2. The van der Waals surface area contributed by atoms with E-state index < -0.39 is 5.91 Å². The first-order chi connectivity index (χ1) is 14.5. The molecular weight excluding hydrogens is 390 g/mol. The highest BCUT2D eigenvalue weighted by molar-refractivity contribution is 5.99. The number of nitrogens with two attached hydrogens (primary N) is 1. The number of hydrogen-bond acceptors (Lipinski definition) is 9. The maximum atomic E-state index is 12.0. The average molecular weight is 409 g/mol. The standard InChI is InChI=1S/C19H19N7O4/c1-9-21-18(26-30-9)11-4-3-5-12(16(11)29-2)22-13-8-14(23-19(28)10-6-7-10)24-25-15(13)17(20)27/h3-5,8,10H,6-7H2,1-2H3,(H2,20,27)(H2,22,23,24,28). The second kappa shape index (κ2) is 7.78. The van der Waals surface area contributed by atoms with E-state index in [4.69, 9.17) is 15.0 Å². The summed E-state index contributed by atoms with van der Waals surface area (Å²) in [5, 5.41) is 17.4. The number of methoxy groups -OCH3 is 1. The first-order valence-electron chi connectivity index (χ1n) is 9.19. The molecule has 0 unspecified atom stereocenters. The van der Waals surface area contributed by atoms with E-state index in [1.54, 1.807) is 25.1 Å². The second-order valence-corrected chi connectivity index (χ2v) is 6.77. The van der Waals surface area contributed by atoms with Crippen molar-refractivity contribution in [2.45, 2.75) is 19.8 Å². The number of hydrogen-bond donors (Lipinski definition) is 3. The summed E-state index contributed by atoms with van der Waals surface area (Å²) in [5.74, 6) is 0.499. The number of primary amides is 1. The molecule has 0 spiro atoms. The van der Waals surface area contributed by atoms with Crippen LogP contribution in [0.1, 0.15) is 29.2 Å². The number of aromatic nitrogens is 4. The van der Waals surface area contributed by atoms with Gasteiger partial charge in [-0.25, -0.2) is 0 Å². The Morgan fingerprint density at radius 3 is 2.67 bits per heavy atom. The number of para-hydroxylation sites is 1. The van der Waals surface area contributed by atoms with Gasteiger partial charge in [-0.3, -0.25) is 9.59 Å². The fourth-order valence-corrected chi connectivity index (χ4v) is 2.89. The van der Waals surface area contributed by atoms with Gasteiger partial charge < -0.3 is 25.6 Å². The van der Waals surface area contributed by atoms with E-state index in [1.807, 2.05) is 0 Å². The molecule has 4 N–H and O–H groups in total. The van der Waals surface area contributed by atoms with Gasteiger partial charge in [0.2, 0.25) is 17.6 Å². The highest BCUT2D eigenvalue weighted by atomic mass is 16.5. The Balaban J connectivity index is 1.70. The van der Waals surface area contributed by atoms with Crippen LogP contribution in [0, 0.1) is 12.8 Å². The van der Waals surface area contributed by atoms with Crippen LogP contribution in [0.2, 0.25) is 0 Å². The third-order valence-electron chi connectivity index (χ3n) is 4.48. The molecule has 30 heavy (non-hydrogen) atoms. The Kier molecular flexibility index (Phi) is 5.00. The van der Waals surface area contributed by atoms with Gasteiger partial charge >= 0.3 is 0 Å². The summed E-state index contributed by atoms with van der Waals surface area (Å²) in [4.78, 5) is 28.1. The summed E-state index contributed by atoms with van der Waals surface area (Å²) in [6.07, 6.45) is 1.70. The minimum atomic E-state index is -0.769. The Morgan fingerprint density at radius 1 is 1.23 bits per heavy atom. The average Bonchev–Trinajstić information content (AvgIpc) is 3.49. The monoisotopic (exact) mass is 409 g/mol. The van der Waals surface area contributed by atoms with Gasteiger partial charge in [-0.15, -0.1) is 10.2 Å². The van der Waals surface area contributed by atoms with Crippen molar-refractivity contribution in [1.82, 2.24) is 20.3 Å². The number of ether oxygens (including phenoxy) is 1. The molecule has 1 saturated carbocycles. The minimum absolute atomic E-state index is 0.00535. The molecule has 0 bridgehead atoms. The zero-order valence-corrected chi connectivity index (χ0v) is 16.3. The molecule has 3 aromatic rings. The van der Waals surface area contributed by atoms with Crippen molar-refractivity contribution >= 4 is 29.0 Å². The van der Waals surface area contributed by atoms with Crippen molar-refractivity contribution in [1.29, 1.82) is 0 Å². The lowest BCUT2D eigenvalue weighted by molar-refractivity contribution is -0.117. The lowest BCUT2D eigenvalue weighted by atomic mass is 10.1. The first kappa shape index (κ1) is 19.3. The molecule has 2 amide bonds. The van der Waals surface area contributed by atoms with Crippen molar-refractivity contribution in [3.05, 3.63) is 35.9 Å². The van der Waals surface area contributed by atoms with Crippen LogP contribution in [-0.4, -0.2) is 39.3 Å². The third kappa shape index (κ3) is 3.90. The summed E-state index contributed by atoms with van der Waals surface area (Å²) in [6, 6.07) is 6.77. The summed E-state index contributed by atoms with van der Waals surface area (Å²) in [7, 11) is 1.50. The van der Waals surface area contributed by atoms with Gasteiger partial charge in [-0.05, 0) is 25.0 Å². The van der Waals surface area contributed by atoms with Gasteiger partial charge in [0, 0.05) is 18.9 Å².